The molecule has 3 atom stereocenters. The Bertz CT molecular complexity index is 1630. The Morgan fingerprint density at radius 2 is 0.813 bits per heavy atom. The second kappa shape index (κ2) is 55.6. The molecule has 0 aromatic rings. The van der Waals surface area contributed by atoms with Crippen molar-refractivity contribution in [3.63, 3.8) is 0 Å². The van der Waals surface area contributed by atoms with Gasteiger partial charge in [-0.05, 0) is 89.9 Å². The van der Waals surface area contributed by atoms with Gasteiger partial charge in [0.2, 0.25) is 5.91 Å². The van der Waals surface area contributed by atoms with E-state index < -0.39 is 20.0 Å². The summed E-state index contributed by atoms with van der Waals surface area (Å²) in [6.07, 6.45) is 82.8. The van der Waals surface area contributed by atoms with Gasteiger partial charge in [0.25, 0.3) is 7.82 Å². The minimum Gasteiger partial charge on any atom is -0.756 e. The van der Waals surface area contributed by atoms with Crippen LogP contribution in [0.4, 0.5) is 0 Å². The highest BCUT2D eigenvalue weighted by atomic mass is 31.2. The molecular weight excluding hydrogens is 948 g/mol. The van der Waals surface area contributed by atoms with E-state index in [-0.39, 0.29) is 19.1 Å². The van der Waals surface area contributed by atoms with Crippen LogP contribution < -0.4 is 10.2 Å². The fourth-order valence-corrected chi connectivity index (χ4v) is 8.93. The first kappa shape index (κ1) is 71.9. The van der Waals surface area contributed by atoms with Crippen LogP contribution in [0.1, 0.15) is 239 Å². The Morgan fingerprint density at radius 1 is 0.480 bits per heavy atom. The van der Waals surface area contributed by atoms with Crippen LogP contribution in [0.2, 0.25) is 0 Å². The summed E-state index contributed by atoms with van der Waals surface area (Å²) in [6, 6.07) is -0.895. The van der Waals surface area contributed by atoms with E-state index in [4.69, 9.17) is 9.05 Å². The van der Waals surface area contributed by atoms with E-state index in [0.29, 0.717) is 17.4 Å². The van der Waals surface area contributed by atoms with E-state index in [1.54, 1.807) is 6.08 Å². The molecule has 0 spiro atoms. The number of hydrogen-bond acceptors (Lipinski definition) is 6. The molecule has 0 aliphatic carbocycles. The molecule has 0 rings (SSSR count). The highest BCUT2D eigenvalue weighted by Crippen LogP contribution is 2.38. The Kier molecular flexibility index (Phi) is 53.3. The van der Waals surface area contributed by atoms with Crippen LogP contribution in [0.25, 0.3) is 0 Å². The predicted molar refractivity (Wildman–Crippen MR) is 325 cm³/mol. The topological polar surface area (TPSA) is 108 Å². The maximum absolute atomic E-state index is 13.0. The SMILES string of the molecule is CC/C=C\C/C=C\C/C=C\C/C=C\C/C=C\C/C=C\C/C=C\C/C=C\C/C=C\CCCCCCCCCCCCCC(=O)NC(COP(=O)([O-])OCC[N+](C)(C)C)C(O)/C=C/CCCCCCCCCCCCCC. The van der Waals surface area contributed by atoms with Crippen LogP contribution in [-0.2, 0) is 18.4 Å². The van der Waals surface area contributed by atoms with Gasteiger partial charge in [0.05, 0.1) is 39.9 Å². The number of allylic oxidation sites excluding steroid dienone is 19. The standard InChI is InChI=1S/C66H115N2O6P/c1-6-8-10-12-14-16-18-20-22-23-24-25-26-27-28-29-30-31-32-33-34-35-36-37-38-39-40-41-42-43-44-45-46-48-50-52-54-56-58-60-66(70)67-64(63-74-75(71,72)73-62-61-68(3,4)5)65(69)59-57-55-53-51-49-47-21-19-17-15-13-11-9-7-2/h8,10,14,16,20,22,24-25,27-28,30-31,33-34,36-37,39-40,57,59,64-65,69H,6-7,9,11-13,15,17-19,21,23,26,29,32,35,38,41-56,58,60-63H2,1-5H3,(H-,67,70,71,72)/b10-8-,16-14-,22-20-,25-24-,28-27-,31-30-,34-33-,37-36-,40-39-,59-57+. The third kappa shape index (κ3) is 58.4. The number of carbonyl (C=O) groups excluding carboxylic acids is 1. The average Bonchev–Trinajstić information content (AvgIpc) is 3.37. The molecule has 8 nitrogen and oxygen atoms in total. The van der Waals surface area contributed by atoms with Crippen LogP contribution in [0.3, 0.4) is 0 Å². The van der Waals surface area contributed by atoms with Gasteiger partial charge >= 0.3 is 0 Å². The van der Waals surface area contributed by atoms with Gasteiger partial charge in [0, 0.05) is 6.42 Å². The number of aliphatic hydroxyl groups is 1. The molecule has 0 aliphatic heterocycles. The molecule has 2 N–H and O–H groups in total. The zero-order valence-electron chi connectivity index (χ0n) is 49.0. The van der Waals surface area contributed by atoms with Crippen molar-refractivity contribution < 1.29 is 32.9 Å². The van der Waals surface area contributed by atoms with Crippen molar-refractivity contribution in [1.29, 1.82) is 0 Å². The Labute approximate surface area is 463 Å². The van der Waals surface area contributed by atoms with Gasteiger partial charge < -0.3 is 28.8 Å². The van der Waals surface area contributed by atoms with E-state index in [1.165, 1.54) is 116 Å². The van der Waals surface area contributed by atoms with Crippen LogP contribution in [0, 0.1) is 0 Å². The first-order valence-electron chi connectivity index (χ1n) is 30.4. The van der Waals surface area contributed by atoms with Gasteiger partial charge in [-0.2, -0.15) is 0 Å². The monoisotopic (exact) mass is 1060 g/mol. The molecule has 75 heavy (non-hydrogen) atoms. The van der Waals surface area contributed by atoms with E-state index in [0.717, 1.165) is 103 Å². The third-order valence-electron chi connectivity index (χ3n) is 12.9. The molecular formula is C66H115N2O6P. The molecule has 0 radical (unpaired) electrons. The second-order valence-electron chi connectivity index (χ2n) is 21.3. The smallest absolute Gasteiger partial charge is 0.268 e. The summed E-state index contributed by atoms with van der Waals surface area (Å²) in [4.78, 5) is 25.5. The molecule has 0 fully saturated rings. The van der Waals surface area contributed by atoms with Crippen LogP contribution >= 0.6 is 7.82 Å². The van der Waals surface area contributed by atoms with Gasteiger partial charge in [0.1, 0.15) is 13.2 Å². The van der Waals surface area contributed by atoms with E-state index in [2.05, 4.69) is 129 Å². The summed E-state index contributed by atoms with van der Waals surface area (Å²) in [5.41, 5.74) is 0. The van der Waals surface area contributed by atoms with Crippen molar-refractivity contribution in [1.82, 2.24) is 5.32 Å². The first-order chi connectivity index (χ1) is 36.5. The Morgan fingerprint density at radius 3 is 1.19 bits per heavy atom. The number of rotatable bonds is 54. The van der Waals surface area contributed by atoms with Gasteiger partial charge in [-0.15, -0.1) is 0 Å². The molecule has 0 aliphatic rings. The van der Waals surface area contributed by atoms with Crippen molar-refractivity contribution in [2.45, 2.75) is 251 Å². The maximum Gasteiger partial charge on any atom is 0.268 e. The summed E-state index contributed by atoms with van der Waals surface area (Å²) in [7, 11) is 1.25. The number of likely N-dealkylation sites (N-methyl/N-ethyl adjacent to an activating group) is 1. The Balaban J connectivity index is 4.09. The first-order valence-corrected chi connectivity index (χ1v) is 31.9. The number of phosphoric acid groups is 1. The summed E-state index contributed by atoms with van der Waals surface area (Å²) in [5, 5.41) is 13.9. The van der Waals surface area contributed by atoms with Crippen LogP contribution in [0.5, 0.6) is 0 Å². The largest absolute Gasteiger partial charge is 0.756 e. The average molecular weight is 1060 g/mol. The summed E-state index contributed by atoms with van der Waals surface area (Å²) in [5.74, 6) is -0.205. The number of unbranched alkanes of at least 4 members (excludes halogenated alkanes) is 23. The van der Waals surface area contributed by atoms with Crippen LogP contribution in [-0.4, -0.2) is 68.5 Å². The molecule has 1 amide bonds. The molecule has 9 heteroatoms. The fraction of sp³-hybridized carbons (Fsp3) is 0.682. The number of carbonyl (C=O) groups is 1. The number of quaternary nitrogens is 1. The highest BCUT2D eigenvalue weighted by Gasteiger charge is 2.23. The zero-order valence-corrected chi connectivity index (χ0v) is 49.8. The molecule has 0 aromatic carbocycles. The zero-order chi connectivity index (χ0) is 54.9. The number of amides is 1. The van der Waals surface area contributed by atoms with Gasteiger partial charge in [-0.1, -0.05) is 264 Å². The van der Waals surface area contributed by atoms with Gasteiger partial charge in [-0.3, -0.25) is 9.36 Å². The van der Waals surface area contributed by atoms with E-state index >= 15 is 0 Å². The van der Waals surface area contributed by atoms with E-state index in [9.17, 15) is 19.4 Å². The van der Waals surface area contributed by atoms with E-state index in [1.807, 2.05) is 27.2 Å². The minimum atomic E-state index is -4.60. The normalized spacial score (nSPS) is 14.7. The van der Waals surface area contributed by atoms with Crippen LogP contribution in [0.15, 0.2) is 122 Å². The summed E-state index contributed by atoms with van der Waals surface area (Å²) < 4.78 is 23.3. The number of phosphoric ester groups is 1. The number of nitrogens with zero attached hydrogens (tertiary/aromatic N) is 1. The molecule has 430 valence electrons. The fourth-order valence-electron chi connectivity index (χ4n) is 8.20. The lowest BCUT2D eigenvalue weighted by molar-refractivity contribution is -0.870. The summed E-state index contributed by atoms with van der Waals surface area (Å²) in [6.45, 7) is 4.52. The number of aliphatic hydroxyl groups excluding tert-OH is 1. The predicted octanol–water partition coefficient (Wildman–Crippen LogP) is 18.3. The molecule has 0 bridgehead atoms. The highest BCUT2D eigenvalue weighted by molar-refractivity contribution is 7.45. The summed E-state index contributed by atoms with van der Waals surface area (Å²) >= 11 is 0. The molecule has 0 saturated carbocycles. The molecule has 0 heterocycles. The number of hydrogen-bond donors (Lipinski definition) is 2. The lowest BCUT2D eigenvalue weighted by Gasteiger charge is -2.29. The Hall–Kier alpha value is -3.10. The quantitative estimate of drug-likeness (QED) is 0.0272. The minimum absolute atomic E-state index is 0.00634. The van der Waals surface area contributed by atoms with Crippen molar-refractivity contribution in [2.75, 3.05) is 40.9 Å². The van der Waals surface area contributed by atoms with Gasteiger partial charge in [0.15, 0.2) is 0 Å². The van der Waals surface area contributed by atoms with Crippen molar-refractivity contribution in [3.8, 4) is 0 Å². The number of nitrogens with one attached hydrogen (secondary N) is 1. The van der Waals surface area contributed by atoms with Gasteiger partial charge in [-0.25, -0.2) is 0 Å². The second-order valence-corrected chi connectivity index (χ2v) is 22.7. The molecule has 0 saturated heterocycles. The molecule has 3 unspecified atom stereocenters. The van der Waals surface area contributed by atoms with Crippen molar-refractivity contribution in [2.24, 2.45) is 0 Å². The lowest BCUT2D eigenvalue weighted by atomic mass is 10.0. The molecule has 0 aromatic heterocycles. The third-order valence-corrected chi connectivity index (χ3v) is 13.9. The van der Waals surface area contributed by atoms with Crippen molar-refractivity contribution >= 4 is 13.7 Å². The maximum atomic E-state index is 13.0. The lowest BCUT2D eigenvalue weighted by Crippen LogP contribution is -2.45. The van der Waals surface area contributed by atoms with Crippen molar-refractivity contribution in [3.05, 3.63) is 122 Å².